The van der Waals surface area contributed by atoms with Gasteiger partial charge in [-0.3, -0.25) is 4.79 Å². The van der Waals surface area contributed by atoms with E-state index in [0.717, 1.165) is 18.5 Å². The molecular weight excluding hydrogens is 332 g/mol. The van der Waals surface area contributed by atoms with Crippen LogP contribution in [-0.4, -0.2) is 31.4 Å². The zero-order chi connectivity index (χ0) is 17.9. The molecule has 1 saturated carbocycles. The third-order valence-electron chi connectivity index (χ3n) is 5.05. The first kappa shape index (κ1) is 18.0. The maximum atomic E-state index is 12.6. The summed E-state index contributed by atoms with van der Waals surface area (Å²) in [5.74, 6) is 0.645. The van der Waals surface area contributed by atoms with Crippen LogP contribution in [0.5, 0.6) is 0 Å². The van der Waals surface area contributed by atoms with Gasteiger partial charge in [0.1, 0.15) is 0 Å². The van der Waals surface area contributed by atoms with E-state index in [0.29, 0.717) is 23.9 Å². The van der Waals surface area contributed by atoms with Crippen LogP contribution in [0.2, 0.25) is 5.02 Å². The second kappa shape index (κ2) is 7.59. The maximum Gasteiger partial charge on any atom is 0.221 e. The lowest BCUT2D eigenvalue weighted by molar-refractivity contribution is -0.121. The van der Waals surface area contributed by atoms with Crippen molar-refractivity contribution in [2.45, 2.75) is 24.8 Å². The lowest BCUT2D eigenvalue weighted by Crippen LogP contribution is -2.29. The minimum atomic E-state index is -0.0182. The molecule has 0 aliphatic heterocycles. The molecule has 1 N–H and O–H groups in total. The predicted molar refractivity (Wildman–Crippen MR) is 103 cm³/mol. The molecule has 2 atom stereocenters. The van der Waals surface area contributed by atoms with Crippen molar-refractivity contribution in [2.75, 3.05) is 20.6 Å². The summed E-state index contributed by atoms with van der Waals surface area (Å²) in [5.41, 5.74) is 2.32. The Morgan fingerprint density at radius 3 is 2.48 bits per heavy atom. The smallest absolute Gasteiger partial charge is 0.221 e. The van der Waals surface area contributed by atoms with Gasteiger partial charge in [-0.25, -0.2) is 0 Å². The third-order valence-corrected chi connectivity index (χ3v) is 5.30. The van der Waals surface area contributed by atoms with Crippen molar-refractivity contribution >= 4 is 17.5 Å². The normalized spacial score (nSPS) is 22.0. The lowest BCUT2D eigenvalue weighted by atomic mass is 9.89. The molecule has 25 heavy (non-hydrogen) atoms. The molecule has 1 fully saturated rings. The summed E-state index contributed by atoms with van der Waals surface area (Å²) in [7, 11) is 4.18. The summed E-state index contributed by atoms with van der Waals surface area (Å²) in [6, 6.07) is 18.1. The van der Waals surface area contributed by atoms with Crippen molar-refractivity contribution in [2.24, 2.45) is 5.92 Å². The van der Waals surface area contributed by atoms with Crippen molar-refractivity contribution in [3.8, 4) is 0 Å². The van der Waals surface area contributed by atoms with E-state index in [4.69, 9.17) is 11.6 Å². The van der Waals surface area contributed by atoms with E-state index in [1.54, 1.807) is 0 Å². The fourth-order valence-corrected chi connectivity index (χ4v) is 3.78. The van der Waals surface area contributed by atoms with Gasteiger partial charge in [0, 0.05) is 29.9 Å². The van der Waals surface area contributed by atoms with E-state index in [1.165, 1.54) is 5.56 Å². The van der Waals surface area contributed by atoms with Gasteiger partial charge in [0.2, 0.25) is 5.91 Å². The molecule has 1 aliphatic carbocycles. The number of nitrogens with one attached hydrogen (secondary N) is 1. The monoisotopic (exact) mass is 356 g/mol. The predicted octanol–water partition coefficient (Wildman–Crippen LogP) is 3.87. The average Bonchev–Trinajstić information content (AvgIpc) is 3.27. The average molecular weight is 357 g/mol. The van der Waals surface area contributed by atoms with Crippen LogP contribution in [-0.2, 0) is 16.8 Å². The molecule has 0 aromatic heterocycles. The van der Waals surface area contributed by atoms with Crippen molar-refractivity contribution in [3.05, 3.63) is 70.7 Å². The van der Waals surface area contributed by atoms with Gasteiger partial charge >= 0.3 is 0 Å². The Morgan fingerprint density at radius 2 is 1.84 bits per heavy atom. The molecule has 2 aromatic carbocycles. The van der Waals surface area contributed by atoms with Gasteiger partial charge in [0.05, 0.1) is 0 Å². The minimum absolute atomic E-state index is 0.0182. The molecule has 0 radical (unpaired) electrons. The quantitative estimate of drug-likeness (QED) is 0.816. The standard InChI is InChI=1S/C21H25ClN2O/c1-24(2)15-18-12-21(18,17-6-4-3-5-7-17)13-20(25)23-14-16-8-10-19(22)11-9-16/h3-11,18H,12-15H2,1-2H3,(H,23,25). The highest BCUT2D eigenvalue weighted by molar-refractivity contribution is 6.30. The van der Waals surface area contributed by atoms with Crippen molar-refractivity contribution in [1.82, 2.24) is 10.2 Å². The van der Waals surface area contributed by atoms with Crippen molar-refractivity contribution in [1.29, 1.82) is 0 Å². The molecule has 3 nitrogen and oxygen atoms in total. The molecule has 4 heteroatoms. The summed E-state index contributed by atoms with van der Waals surface area (Å²) in [6.07, 6.45) is 1.62. The second-order valence-corrected chi connectivity index (χ2v) is 7.70. The number of nitrogens with zero attached hydrogens (tertiary/aromatic N) is 1. The van der Waals surface area contributed by atoms with E-state index in [-0.39, 0.29) is 11.3 Å². The second-order valence-electron chi connectivity index (χ2n) is 7.27. The highest BCUT2D eigenvalue weighted by Gasteiger charge is 2.55. The molecule has 2 unspecified atom stereocenters. The van der Waals surface area contributed by atoms with E-state index in [9.17, 15) is 4.79 Å². The molecular formula is C21H25ClN2O. The SMILES string of the molecule is CN(C)CC1CC1(CC(=O)NCc1ccc(Cl)cc1)c1ccccc1. The molecule has 0 heterocycles. The largest absolute Gasteiger partial charge is 0.352 e. The number of carbonyl (C=O) groups excluding carboxylic acids is 1. The Kier molecular flexibility index (Phi) is 5.45. The zero-order valence-corrected chi connectivity index (χ0v) is 15.6. The van der Waals surface area contributed by atoms with Crippen LogP contribution in [0.4, 0.5) is 0 Å². The van der Waals surface area contributed by atoms with Gasteiger partial charge < -0.3 is 10.2 Å². The van der Waals surface area contributed by atoms with Crippen molar-refractivity contribution in [3.63, 3.8) is 0 Å². The Hall–Kier alpha value is -1.84. The summed E-state index contributed by atoms with van der Waals surface area (Å²) in [4.78, 5) is 14.8. The highest BCUT2D eigenvalue weighted by atomic mass is 35.5. The van der Waals surface area contributed by atoms with E-state index in [1.807, 2.05) is 30.3 Å². The first-order valence-electron chi connectivity index (χ1n) is 8.71. The third kappa shape index (κ3) is 4.42. The number of hydrogen-bond donors (Lipinski definition) is 1. The highest BCUT2D eigenvalue weighted by Crippen LogP contribution is 2.56. The molecule has 0 spiro atoms. The Morgan fingerprint density at radius 1 is 1.16 bits per heavy atom. The minimum Gasteiger partial charge on any atom is -0.352 e. The summed E-state index contributed by atoms with van der Waals surface area (Å²) in [5, 5.41) is 3.77. The fourth-order valence-electron chi connectivity index (χ4n) is 3.65. The molecule has 0 saturated heterocycles. The molecule has 1 amide bonds. The lowest BCUT2D eigenvalue weighted by Gasteiger charge is -2.20. The molecule has 1 aliphatic rings. The van der Waals surface area contributed by atoms with E-state index < -0.39 is 0 Å². The number of carbonyl (C=O) groups is 1. The first-order valence-corrected chi connectivity index (χ1v) is 9.09. The van der Waals surface area contributed by atoms with Gasteiger partial charge in [-0.05, 0) is 49.7 Å². The Labute approximate surface area is 155 Å². The molecule has 0 bridgehead atoms. The van der Waals surface area contributed by atoms with Crippen LogP contribution in [0.3, 0.4) is 0 Å². The Bertz CT molecular complexity index is 714. The number of hydrogen-bond acceptors (Lipinski definition) is 2. The zero-order valence-electron chi connectivity index (χ0n) is 14.8. The van der Waals surface area contributed by atoms with Gasteiger partial charge in [0.15, 0.2) is 0 Å². The fraction of sp³-hybridized carbons (Fsp3) is 0.381. The first-order chi connectivity index (χ1) is 12.0. The van der Waals surface area contributed by atoms with Crippen LogP contribution < -0.4 is 5.32 Å². The van der Waals surface area contributed by atoms with Gasteiger partial charge in [-0.15, -0.1) is 0 Å². The van der Waals surface area contributed by atoms with Gasteiger partial charge in [-0.2, -0.15) is 0 Å². The topological polar surface area (TPSA) is 32.3 Å². The number of halogens is 1. The van der Waals surface area contributed by atoms with Crippen LogP contribution in [0.1, 0.15) is 24.0 Å². The van der Waals surface area contributed by atoms with Crippen LogP contribution in [0, 0.1) is 5.92 Å². The number of rotatable bonds is 7. The van der Waals surface area contributed by atoms with Crippen molar-refractivity contribution < 1.29 is 4.79 Å². The molecule has 3 rings (SSSR count). The van der Waals surface area contributed by atoms with Crippen LogP contribution in [0.15, 0.2) is 54.6 Å². The van der Waals surface area contributed by atoms with Gasteiger partial charge in [-0.1, -0.05) is 54.1 Å². The number of amides is 1. The van der Waals surface area contributed by atoms with E-state index in [2.05, 4.69) is 48.6 Å². The Balaban J connectivity index is 1.65. The maximum absolute atomic E-state index is 12.6. The van der Waals surface area contributed by atoms with E-state index >= 15 is 0 Å². The summed E-state index contributed by atoms with van der Waals surface area (Å²) >= 11 is 5.90. The number of benzene rings is 2. The summed E-state index contributed by atoms with van der Waals surface area (Å²) in [6.45, 7) is 1.55. The molecule has 2 aromatic rings. The van der Waals surface area contributed by atoms with Crippen LogP contribution >= 0.6 is 11.6 Å². The molecule has 132 valence electrons. The van der Waals surface area contributed by atoms with Crippen LogP contribution in [0.25, 0.3) is 0 Å². The summed E-state index contributed by atoms with van der Waals surface area (Å²) < 4.78 is 0. The van der Waals surface area contributed by atoms with Gasteiger partial charge in [0.25, 0.3) is 0 Å².